The van der Waals surface area contributed by atoms with Gasteiger partial charge in [0.15, 0.2) is 0 Å². The van der Waals surface area contributed by atoms with Crippen LogP contribution < -0.4 is 16.0 Å². The first-order valence-corrected chi connectivity index (χ1v) is 8.69. The minimum absolute atomic E-state index is 0.0788. The van der Waals surface area contributed by atoms with E-state index in [-0.39, 0.29) is 11.0 Å². The van der Waals surface area contributed by atoms with Crippen LogP contribution in [0.1, 0.15) is 19.3 Å². The van der Waals surface area contributed by atoms with E-state index < -0.39 is 5.69 Å². The number of methoxy groups -OCH3 is 1. The fraction of sp³-hybridized carbons (Fsp3) is 0.444. The fourth-order valence-electron chi connectivity index (χ4n) is 3.60. The van der Waals surface area contributed by atoms with Crippen LogP contribution in [0.5, 0.6) is 5.75 Å². The predicted octanol–water partition coefficient (Wildman–Crippen LogP) is 2.48. The summed E-state index contributed by atoms with van der Waals surface area (Å²) in [5, 5.41) is 0.737. The van der Waals surface area contributed by atoms with Crippen molar-refractivity contribution in [3.63, 3.8) is 0 Å². The largest absolute Gasteiger partial charge is 0.495 e. The minimum atomic E-state index is -0.402. The van der Waals surface area contributed by atoms with Crippen molar-refractivity contribution in [2.24, 2.45) is 5.41 Å². The zero-order chi connectivity index (χ0) is 17.6. The quantitative estimate of drug-likeness (QED) is 0.848. The van der Waals surface area contributed by atoms with E-state index in [9.17, 15) is 9.59 Å². The first-order chi connectivity index (χ1) is 12.0. The van der Waals surface area contributed by atoms with Gasteiger partial charge in [-0.05, 0) is 25.3 Å². The molecule has 1 aromatic heterocycles. The van der Waals surface area contributed by atoms with E-state index in [0.717, 1.165) is 19.3 Å². The van der Waals surface area contributed by atoms with Crippen LogP contribution in [0.3, 0.4) is 0 Å². The molecule has 1 saturated carbocycles. The lowest BCUT2D eigenvalue weighted by Gasteiger charge is -2.23. The number of hydrogen-bond acceptors (Lipinski definition) is 4. The van der Waals surface area contributed by atoms with Crippen LogP contribution in [-0.4, -0.2) is 29.9 Å². The molecule has 1 aromatic carbocycles. The Hall–Kier alpha value is -2.05. The Kier molecular flexibility index (Phi) is 3.96. The number of H-pyrrole nitrogens is 1. The van der Waals surface area contributed by atoms with Gasteiger partial charge in [-0.1, -0.05) is 23.3 Å². The minimum Gasteiger partial charge on any atom is -0.495 e. The second kappa shape index (κ2) is 6.04. The van der Waals surface area contributed by atoms with Gasteiger partial charge in [-0.2, -0.15) is 0 Å². The zero-order valence-electron chi connectivity index (χ0n) is 13.9. The van der Waals surface area contributed by atoms with Gasteiger partial charge < -0.3 is 14.5 Å². The molecule has 2 aromatic rings. The van der Waals surface area contributed by atoms with Crippen LogP contribution in [0.15, 0.2) is 33.4 Å². The lowest BCUT2D eigenvalue weighted by Crippen LogP contribution is -2.38. The zero-order valence-corrected chi connectivity index (χ0v) is 14.7. The highest BCUT2D eigenvalue weighted by molar-refractivity contribution is 6.32. The van der Waals surface area contributed by atoms with Crippen molar-refractivity contribution in [1.82, 2.24) is 9.55 Å². The summed E-state index contributed by atoms with van der Waals surface area (Å²) < 4.78 is 11.8. The number of nitrogens with zero attached hydrogens (tertiary/aromatic N) is 1. The number of ether oxygens (including phenoxy) is 2. The molecule has 0 atom stereocenters. The molecule has 1 fully saturated rings. The molecule has 2 heterocycles. The normalized spacial score (nSPS) is 18.9. The Morgan fingerprint density at radius 2 is 2.16 bits per heavy atom. The molecule has 0 radical (unpaired) electrons. The summed E-state index contributed by atoms with van der Waals surface area (Å²) in [7, 11) is 1.49. The average Bonchev–Trinajstić information content (AvgIpc) is 3.41. The maximum Gasteiger partial charge on any atom is 0.328 e. The van der Waals surface area contributed by atoms with Gasteiger partial charge in [-0.3, -0.25) is 9.36 Å². The summed E-state index contributed by atoms with van der Waals surface area (Å²) in [6.45, 7) is 1.70. The summed E-state index contributed by atoms with van der Waals surface area (Å²) in [4.78, 5) is 28.2. The second-order valence-corrected chi connectivity index (χ2v) is 7.10. The van der Waals surface area contributed by atoms with Crippen LogP contribution in [0.4, 0.5) is 0 Å². The molecule has 2 aliphatic rings. The number of aromatic amines is 1. The van der Waals surface area contributed by atoms with Gasteiger partial charge in [0, 0.05) is 18.0 Å². The molecule has 6 nitrogen and oxygen atoms in total. The van der Waals surface area contributed by atoms with Gasteiger partial charge in [-0.25, -0.2) is 4.79 Å². The van der Waals surface area contributed by atoms with Crippen molar-refractivity contribution in [2.75, 3.05) is 20.3 Å². The van der Waals surface area contributed by atoms with Crippen molar-refractivity contribution >= 4 is 22.5 Å². The highest BCUT2D eigenvalue weighted by atomic mass is 35.5. The van der Waals surface area contributed by atoms with Gasteiger partial charge in [0.1, 0.15) is 5.75 Å². The van der Waals surface area contributed by atoms with Gasteiger partial charge in [0.05, 0.1) is 36.2 Å². The molecule has 0 spiro atoms. The molecule has 4 rings (SSSR count). The molecular weight excluding hydrogens is 344 g/mol. The molecule has 0 amide bonds. The summed E-state index contributed by atoms with van der Waals surface area (Å²) in [6, 6.07) is 3.14. The molecule has 1 N–H and O–H groups in total. The van der Waals surface area contributed by atoms with Gasteiger partial charge in [0.25, 0.3) is 5.56 Å². The molecule has 132 valence electrons. The maximum absolute atomic E-state index is 12.9. The summed E-state index contributed by atoms with van der Waals surface area (Å²) in [6.07, 6.45) is 4.94. The number of benzene rings is 1. The Morgan fingerprint density at radius 1 is 1.36 bits per heavy atom. The topological polar surface area (TPSA) is 73.3 Å². The Bertz CT molecular complexity index is 985. The Balaban J connectivity index is 1.79. The molecule has 0 saturated heterocycles. The molecule has 1 aliphatic heterocycles. The van der Waals surface area contributed by atoms with E-state index in [2.05, 4.69) is 11.1 Å². The highest BCUT2D eigenvalue weighted by Crippen LogP contribution is 2.54. The van der Waals surface area contributed by atoms with Gasteiger partial charge >= 0.3 is 5.69 Å². The Labute approximate surface area is 149 Å². The smallest absolute Gasteiger partial charge is 0.328 e. The predicted molar refractivity (Wildman–Crippen MR) is 95.6 cm³/mol. The standard InChI is InChI=1S/C18H19ClN2O4/c1-24-15-9-14-12(8-13(15)19)16(22)21(17(23)20-14)10-18(4-5-18)11-2-6-25-7-3-11/h2,8-9H,3-7,10H2,1H3,(H,20,23). The number of hydrogen-bond donors (Lipinski definition) is 1. The number of fused-ring (bicyclic) bond motifs is 1. The lowest BCUT2D eigenvalue weighted by atomic mass is 9.91. The van der Waals surface area contributed by atoms with Crippen molar-refractivity contribution in [3.8, 4) is 5.75 Å². The average molecular weight is 363 g/mol. The number of nitrogens with one attached hydrogen (secondary N) is 1. The van der Waals surface area contributed by atoms with Crippen LogP contribution in [0.2, 0.25) is 5.02 Å². The molecule has 7 heteroatoms. The SMILES string of the molecule is COc1cc2[nH]c(=O)n(CC3(C4=CCOCC4)CC3)c(=O)c2cc1Cl. The second-order valence-electron chi connectivity index (χ2n) is 6.69. The summed E-state index contributed by atoms with van der Waals surface area (Å²) in [5.41, 5.74) is 0.938. The van der Waals surface area contributed by atoms with E-state index in [1.165, 1.54) is 17.3 Å². The maximum atomic E-state index is 12.9. The number of rotatable bonds is 4. The van der Waals surface area contributed by atoms with Crippen LogP contribution >= 0.6 is 11.6 Å². The third-order valence-corrected chi connectivity index (χ3v) is 5.51. The number of halogens is 1. The van der Waals surface area contributed by atoms with Crippen molar-refractivity contribution in [2.45, 2.75) is 25.8 Å². The number of aromatic nitrogens is 2. The van der Waals surface area contributed by atoms with Gasteiger partial charge in [-0.15, -0.1) is 0 Å². The van der Waals surface area contributed by atoms with E-state index >= 15 is 0 Å². The van der Waals surface area contributed by atoms with E-state index in [1.54, 1.807) is 12.1 Å². The fourth-order valence-corrected chi connectivity index (χ4v) is 3.84. The Morgan fingerprint density at radius 3 is 2.80 bits per heavy atom. The van der Waals surface area contributed by atoms with E-state index in [0.29, 0.717) is 41.4 Å². The van der Waals surface area contributed by atoms with E-state index in [4.69, 9.17) is 21.1 Å². The lowest BCUT2D eigenvalue weighted by molar-refractivity contribution is 0.148. The van der Waals surface area contributed by atoms with Crippen molar-refractivity contribution in [1.29, 1.82) is 0 Å². The molecule has 1 aliphatic carbocycles. The highest BCUT2D eigenvalue weighted by Gasteiger charge is 2.46. The van der Waals surface area contributed by atoms with Crippen LogP contribution in [0, 0.1) is 5.41 Å². The third kappa shape index (κ3) is 2.79. The van der Waals surface area contributed by atoms with Crippen LogP contribution in [0.25, 0.3) is 10.9 Å². The first kappa shape index (κ1) is 16.4. The monoisotopic (exact) mass is 362 g/mol. The van der Waals surface area contributed by atoms with Gasteiger partial charge in [0.2, 0.25) is 0 Å². The third-order valence-electron chi connectivity index (χ3n) is 5.21. The molecule has 0 unspecified atom stereocenters. The summed E-state index contributed by atoms with van der Waals surface area (Å²) >= 11 is 6.15. The first-order valence-electron chi connectivity index (χ1n) is 8.32. The van der Waals surface area contributed by atoms with E-state index in [1.807, 2.05) is 0 Å². The molecule has 25 heavy (non-hydrogen) atoms. The summed E-state index contributed by atoms with van der Waals surface area (Å²) in [5.74, 6) is 0.424. The molecule has 0 bridgehead atoms. The van der Waals surface area contributed by atoms with Crippen molar-refractivity contribution < 1.29 is 9.47 Å². The van der Waals surface area contributed by atoms with Crippen LogP contribution in [-0.2, 0) is 11.3 Å². The van der Waals surface area contributed by atoms with Crippen molar-refractivity contribution in [3.05, 3.63) is 49.6 Å². The molecular formula is C18H19ClN2O4.